The number of carbonyl (C=O) groups excluding carboxylic acids is 15. The van der Waals surface area contributed by atoms with Crippen LogP contribution in [0.4, 0.5) is 0 Å². The minimum atomic E-state index is 0. The summed E-state index contributed by atoms with van der Waals surface area (Å²) in [6.45, 7) is 0. The molecule has 0 atom stereocenters. The van der Waals surface area contributed by atoms with Crippen molar-refractivity contribution in [1.29, 1.82) is 78.9 Å². The van der Waals surface area contributed by atoms with Gasteiger partial charge in [-0.2, -0.15) is 94.3 Å². The molecule has 0 amide bonds. The molecule has 359 valence electrons. The van der Waals surface area contributed by atoms with Crippen LogP contribution in [0, 0.1) is 170 Å². The van der Waals surface area contributed by atoms with E-state index < -0.39 is 0 Å². The molecule has 0 heterocycles. The molecule has 0 unspecified atom stereocenters. The average Bonchev–Trinajstić information content (AvgIpc) is 3.34. The van der Waals surface area contributed by atoms with Gasteiger partial charge < -0.3 is 71.9 Å². The molecule has 0 fully saturated rings. The van der Waals surface area contributed by atoms with E-state index in [0.29, 0.717) is 0 Å². The molecule has 0 rings (SSSR count). The molecule has 70 heavy (non-hydrogen) atoms. The molecule has 0 aliphatic heterocycles. The van der Waals surface area contributed by atoms with E-state index in [2.05, 4.69) is 0 Å². The van der Waals surface area contributed by atoms with Crippen molar-refractivity contribution in [1.82, 2.24) is 0 Å². The van der Waals surface area contributed by atoms with Crippen LogP contribution in [-0.2, 0) is 243 Å². The molecule has 0 spiro atoms. The zero-order valence-corrected chi connectivity index (χ0v) is 42.4. The fraction of sp³-hybridized carbons (Fsp3) is 0. The summed E-state index contributed by atoms with van der Waals surface area (Å²) in [5.74, 6) is 0. The molecule has 0 saturated heterocycles. The first-order valence-electron chi connectivity index (χ1n) is 10.2. The molecule has 0 aliphatic carbocycles. The Morgan fingerprint density at radius 3 is 0.157 bits per heavy atom. The zero-order chi connectivity index (χ0) is 51.2. The molecule has 40 heteroatoms. The van der Waals surface area contributed by atoms with Crippen molar-refractivity contribution >= 4 is 94.3 Å². The Labute approximate surface area is 502 Å². The molecule has 0 bridgehead atoms. The summed E-state index contributed by atoms with van der Waals surface area (Å²) in [7, 11) is 0. The molecule has 0 saturated carbocycles. The Hall–Kier alpha value is -7.41. The number of nitriles is 15. The van der Waals surface area contributed by atoms with Gasteiger partial charge in [0, 0.05) is 51.2 Å². The Bertz CT molecular complexity index is 1340. The van der Waals surface area contributed by atoms with Gasteiger partial charge in [-0.1, -0.05) is 91.0 Å². The summed E-state index contributed by atoms with van der Waals surface area (Å²) in [4.78, 5) is 130. The second-order valence-electron chi connectivity index (χ2n) is 3.21. The molecular weight excluding hydrogens is 1370 g/mol. The smallest absolute Gasteiger partial charge is 0.526 e. The van der Waals surface area contributed by atoms with Crippen LogP contribution in [0.3, 0.4) is 0 Å². The van der Waals surface area contributed by atoms with Gasteiger partial charge in [-0.05, 0) is 0 Å². The predicted molar refractivity (Wildman–Crippen MR) is 170 cm³/mol. The molecule has 0 aromatic carbocycles. The second kappa shape index (κ2) is 443. The second-order valence-corrected chi connectivity index (χ2v) is 3.21. The monoisotopic (exact) mass is 1370 g/mol. The summed E-state index contributed by atoms with van der Waals surface area (Å²) < 4.78 is 0. The van der Waals surface area contributed by atoms with E-state index in [9.17, 15) is 0 Å². The molecular formula is C30Fe10N15O15+6. The first-order valence-corrected chi connectivity index (χ1v) is 10.2. The van der Waals surface area contributed by atoms with Gasteiger partial charge >= 0.3 is 119 Å². The zero-order valence-electron chi connectivity index (χ0n) is 31.4. The SMILES string of the molecule is N#C[C-]=O.N#C[C-]=O.N#C[C-]=O.N#C[C-]=O.N#C[C-]=O.N#C[C-]=O.N#C[C-]=O.N#C[C-]=O.N#C[C-]=O.N#C[C-]=O.N#C[C-]=O.N#C[C-]=O.N#C[C-]=O.N#C[C-]=O.N#C[C-]=O.[Fe+3].[Fe+3].[Fe+3].[Fe+3].[Fe+3].[Fe+3].[Fe+3].[Fe].[Fe].[Fe]. The summed E-state index contributed by atoms with van der Waals surface area (Å²) in [5.41, 5.74) is 0. The third-order valence-electron chi connectivity index (χ3n) is 0.685. The van der Waals surface area contributed by atoms with Crippen LogP contribution < -0.4 is 0 Å². The van der Waals surface area contributed by atoms with E-state index >= 15 is 0 Å². The quantitative estimate of drug-likeness (QED) is 0.124. The van der Waals surface area contributed by atoms with Crippen LogP contribution in [0.2, 0.25) is 0 Å². The first kappa shape index (κ1) is 168. The Morgan fingerprint density at radius 2 is 0.157 bits per heavy atom. The van der Waals surface area contributed by atoms with Gasteiger partial charge in [0.15, 0.2) is 0 Å². The minimum Gasteiger partial charge on any atom is -0.526 e. The van der Waals surface area contributed by atoms with E-state index in [-0.39, 0.29) is 171 Å². The van der Waals surface area contributed by atoms with Crippen LogP contribution in [0.1, 0.15) is 0 Å². The number of hydrogen-bond acceptors (Lipinski definition) is 30. The van der Waals surface area contributed by atoms with E-state index in [1.165, 1.54) is 0 Å². The summed E-state index contributed by atoms with van der Waals surface area (Å²) in [6, 6.07) is 16.9. The van der Waals surface area contributed by atoms with Crippen LogP contribution in [0.5, 0.6) is 0 Å². The van der Waals surface area contributed by atoms with E-state index in [1.807, 2.05) is 0 Å². The van der Waals surface area contributed by atoms with Gasteiger partial charge in [-0.25, -0.2) is 78.9 Å². The molecule has 0 N–H and O–H groups in total. The van der Waals surface area contributed by atoms with Gasteiger partial charge in [0.05, 0.1) is 0 Å². The standard InChI is InChI=1S/15C2NO.10Fe/c15*3-1-2-4;;;;;;;;;;/q15*-1;;;;7*+3. The van der Waals surface area contributed by atoms with Crippen molar-refractivity contribution in [2.24, 2.45) is 0 Å². The molecule has 0 aliphatic rings. The third kappa shape index (κ3) is 3730. The number of rotatable bonds is 0. The molecule has 0 aromatic rings. The van der Waals surface area contributed by atoms with Gasteiger partial charge in [0.2, 0.25) is 0 Å². The van der Waals surface area contributed by atoms with Crippen molar-refractivity contribution in [3.63, 3.8) is 0 Å². The average molecular weight is 1370 g/mol. The van der Waals surface area contributed by atoms with E-state index in [0.717, 1.165) is 185 Å². The Morgan fingerprint density at radius 1 is 0.143 bits per heavy atom. The van der Waals surface area contributed by atoms with Crippen LogP contribution in [0.25, 0.3) is 0 Å². The summed E-state index contributed by atoms with van der Waals surface area (Å²) in [6.07, 6.45) is 14.8. The van der Waals surface area contributed by atoms with Gasteiger partial charge in [0.1, 0.15) is 0 Å². The van der Waals surface area contributed by atoms with Crippen LogP contribution in [0.15, 0.2) is 0 Å². The molecule has 7 radical (unpaired) electrons. The largest absolute Gasteiger partial charge is 3.00 e. The van der Waals surface area contributed by atoms with Crippen LogP contribution in [-0.4, -0.2) is 94.3 Å². The number of hydrogen-bond donors (Lipinski definition) is 0. The first-order chi connectivity index (χ1) is 28.7. The van der Waals surface area contributed by atoms with Crippen molar-refractivity contribution in [3.8, 4) is 91.0 Å². The van der Waals surface area contributed by atoms with E-state index in [1.54, 1.807) is 0 Å². The maximum atomic E-state index is 8.69. The third-order valence-corrected chi connectivity index (χ3v) is 0.685. The maximum absolute atomic E-state index is 8.69. The fourth-order valence-electron chi connectivity index (χ4n) is 0. The minimum absolute atomic E-state index is 0. The van der Waals surface area contributed by atoms with Crippen molar-refractivity contribution in [3.05, 3.63) is 0 Å². The van der Waals surface area contributed by atoms with Crippen LogP contribution >= 0.6 is 0 Å². The van der Waals surface area contributed by atoms with E-state index in [4.69, 9.17) is 151 Å². The Balaban J connectivity index is -0.0000000133. The topological polar surface area (TPSA) is 613 Å². The number of nitrogens with zero attached hydrogens (tertiary/aromatic N) is 15. The van der Waals surface area contributed by atoms with Crippen molar-refractivity contribution in [2.45, 2.75) is 0 Å². The normalized spacial score (nSPS) is 3.21. The molecule has 0 aromatic heterocycles. The predicted octanol–water partition coefficient (Wildman–Crippen LogP) is -5.73. The molecule has 30 nitrogen and oxygen atoms in total. The van der Waals surface area contributed by atoms with Gasteiger partial charge in [-0.15, -0.1) is 0 Å². The Kier molecular flexibility index (Phi) is 1060. The summed E-state index contributed by atoms with van der Waals surface area (Å²) >= 11 is 0. The maximum Gasteiger partial charge on any atom is 3.00 e. The van der Waals surface area contributed by atoms with Gasteiger partial charge in [-0.3, -0.25) is 0 Å². The fourth-order valence-corrected chi connectivity index (χ4v) is 0. The van der Waals surface area contributed by atoms with Crippen molar-refractivity contribution in [2.75, 3.05) is 0 Å². The van der Waals surface area contributed by atoms with Gasteiger partial charge in [0.25, 0.3) is 0 Å². The summed E-state index contributed by atoms with van der Waals surface area (Å²) in [5, 5.41) is 108. The van der Waals surface area contributed by atoms with Crippen molar-refractivity contribution < 1.29 is 243 Å².